The first kappa shape index (κ1) is 24.5. The van der Waals surface area contributed by atoms with Gasteiger partial charge in [0.25, 0.3) is 0 Å². The maximum absolute atomic E-state index is 12.5. The molecular weight excluding hydrogens is 558 g/mol. The van der Waals surface area contributed by atoms with Gasteiger partial charge in [-0.1, -0.05) is 69.6 Å². The molecule has 0 saturated carbocycles. The fourth-order valence-corrected chi connectivity index (χ4v) is 4.88. The first-order chi connectivity index (χ1) is 16.5. The molecule has 1 amide bonds. The summed E-state index contributed by atoms with van der Waals surface area (Å²) in [6.07, 6.45) is 1.74. The van der Waals surface area contributed by atoms with Gasteiger partial charge in [-0.25, -0.2) is 4.98 Å². The van der Waals surface area contributed by atoms with Crippen LogP contribution in [0.25, 0.3) is 11.3 Å². The Balaban J connectivity index is 1.35. The lowest BCUT2D eigenvalue weighted by molar-refractivity contribution is -0.113. The predicted octanol–water partition coefficient (Wildman–Crippen LogP) is 6.31. The van der Waals surface area contributed by atoms with E-state index < -0.39 is 0 Å². The summed E-state index contributed by atoms with van der Waals surface area (Å²) in [4.78, 5) is 17.0. The Bertz CT molecular complexity index is 1290. The molecule has 7 nitrogen and oxygen atoms in total. The zero-order chi connectivity index (χ0) is 23.9. The number of ether oxygens (including phenoxy) is 1. The van der Waals surface area contributed by atoms with E-state index in [0.29, 0.717) is 33.4 Å². The number of halogens is 2. The van der Waals surface area contributed by atoms with E-state index in [2.05, 4.69) is 43.0 Å². The van der Waals surface area contributed by atoms with Crippen LogP contribution >= 0.6 is 50.6 Å². The SMILES string of the molecule is C=CCn1c(COc2ccccc2Cl)nnc1SCC(=O)Nc1nc(-c2ccc(Br)cc2)cs1. The van der Waals surface area contributed by atoms with Gasteiger partial charge in [0.2, 0.25) is 5.91 Å². The first-order valence-corrected chi connectivity index (χ1v) is 13.1. The number of hydrogen-bond donors (Lipinski definition) is 1. The van der Waals surface area contributed by atoms with Gasteiger partial charge in [0.05, 0.1) is 16.5 Å². The number of para-hydroxylation sites is 1. The van der Waals surface area contributed by atoms with Gasteiger partial charge in [-0.2, -0.15) is 0 Å². The number of amides is 1. The molecule has 2 aromatic carbocycles. The van der Waals surface area contributed by atoms with Crippen LogP contribution in [0.4, 0.5) is 5.13 Å². The number of hydrogen-bond acceptors (Lipinski definition) is 7. The number of thioether (sulfide) groups is 1. The molecule has 0 saturated heterocycles. The summed E-state index contributed by atoms with van der Waals surface area (Å²) in [6, 6.07) is 15.1. The minimum atomic E-state index is -0.177. The van der Waals surface area contributed by atoms with Crippen molar-refractivity contribution in [2.45, 2.75) is 18.3 Å². The van der Waals surface area contributed by atoms with Gasteiger partial charge in [-0.3, -0.25) is 9.36 Å². The van der Waals surface area contributed by atoms with Crippen molar-refractivity contribution in [2.75, 3.05) is 11.1 Å². The topological polar surface area (TPSA) is 81.9 Å². The number of nitrogens with zero attached hydrogens (tertiary/aromatic N) is 4. The predicted molar refractivity (Wildman–Crippen MR) is 141 cm³/mol. The molecule has 0 aliphatic heterocycles. The third-order valence-corrected chi connectivity index (χ3v) is 7.09. The zero-order valence-electron chi connectivity index (χ0n) is 17.8. The van der Waals surface area contributed by atoms with Crippen LogP contribution in [-0.2, 0) is 17.9 Å². The zero-order valence-corrected chi connectivity index (χ0v) is 21.8. The van der Waals surface area contributed by atoms with E-state index in [1.807, 2.05) is 46.3 Å². The Hall–Kier alpha value is -2.66. The highest BCUT2D eigenvalue weighted by molar-refractivity contribution is 9.10. The van der Waals surface area contributed by atoms with Gasteiger partial charge in [-0.15, -0.1) is 28.1 Å². The summed E-state index contributed by atoms with van der Waals surface area (Å²) >= 11 is 12.2. The fraction of sp³-hybridized carbons (Fsp3) is 0.130. The van der Waals surface area contributed by atoms with Crippen LogP contribution in [0.3, 0.4) is 0 Å². The maximum atomic E-state index is 12.5. The van der Waals surface area contributed by atoms with Crippen LogP contribution in [-0.4, -0.2) is 31.4 Å². The maximum Gasteiger partial charge on any atom is 0.236 e. The number of carbonyl (C=O) groups excluding carboxylic acids is 1. The number of anilines is 1. The molecule has 0 aliphatic rings. The monoisotopic (exact) mass is 575 g/mol. The molecule has 11 heteroatoms. The van der Waals surface area contributed by atoms with Gasteiger partial charge in [0, 0.05) is 22.0 Å². The van der Waals surface area contributed by atoms with Crippen LogP contribution in [0.5, 0.6) is 5.75 Å². The molecule has 4 rings (SSSR count). The fourth-order valence-electron chi connectivity index (χ4n) is 2.92. The molecule has 1 N–H and O–H groups in total. The molecule has 2 heterocycles. The van der Waals surface area contributed by atoms with Gasteiger partial charge in [-0.05, 0) is 24.3 Å². The largest absolute Gasteiger partial charge is 0.484 e. The van der Waals surface area contributed by atoms with Gasteiger partial charge in [0.1, 0.15) is 12.4 Å². The summed E-state index contributed by atoms with van der Waals surface area (Å²) in [7, 11) is 0. The highest BCUT2D eigenvalue weighted by atomic mass is 79.9. The quantitative estimate of drug-likeness (QED) is 0.176. The second kappa shape index (κ2) is 11.7. The molecule has 0 radical (unpaired) electrons. The van der Waals surface area contributed by atoms with E-state index in [1.165, 1.54) is 23.1 Å². The van der Waals surface area contributed by atoms with Crippen molar-refractivity contribution in [1.82, 2.24) is 19.7 Å². The number of allylic oxidation sites excluding steroid dienone is 1. The first-order valence-electron chi connectivity index (χ1n) is 10.1. The average Bonchev–Trinajstić information content (AvgIpc) is 3.45. The smallest absolute Gasteiger partial charge is 0.236 e. The van der Waals surface area contributed by atoms with Crippen molar-refractivity contribution in [3.05, 3.63) is 81.9 Å². The molecule has 0 bridgehead atoms. The summed E-state index contributed by atoms with van der Waals surface area (Å²) in [5.41, 5.74) is 1.80. The molecule has 0 aliphatic carbocycles. The molecule has 0 fully saturated rings. The Morgan fingerprint density at radius 3 is 2.79 bits per heavy atom. The Morgan fingerprint density at radius 2 is 2.03 bits per heavy atom. The highest BCUT2D eigenvalue weighted by Gasteiger charge is 2.15. The number of benzene rings is 2. The lowest BCUT2D eigenvalue weighted by Gasteiger charge is -2.10. The van der Waals surface area contributed by atoms with Crippen molar-refractivity contribution in [3.8, 4) is 17.0 Å². The molecule has 174 valence electrons. The van der Waals surface area contributed by atoms with Gasteiger partial charge in [0.15, 0.2) is 16.1 Å². The minimum Gasteiger partial charge on any atom is -0.484 e. The van der Waals surface area contributed by atoms with Crippen LogP contribution in [0.15, 0.2) is 76.2 Å². The number of thiazole rings is 1. The number of aromatic nitrogens is 4. The lowest BCUT2D eigenvalue weighted by Crippen LogP contribution is -2.15. The second-order valence-electron chi connectivity index (χ2n) is 6.90. The molecule has 0 atom stereocenters. The minimum absolute atomic E-state index is 0.161. The van der Waals surface area contributed by atoms with E-state index in [9.17, 15) is 4.79 Å². The Labute approximate surface area is 218 Å². The second-order valence-corrected chi connectivity index (χ2v) is 10.0. The summed E-state index contributed by atoms with van der Waals surface area (Å²) < 4.78 is 8.64. The van der Waals surface area contributed by atoms with E-state index in [1.54, 1.807) is 18.2 Å². The van der Waals surface area contributed by atoms with Crippen LogP contribution in [0, 0.1) is 0 Å². The Kier molecular flexibility index (Phi) is 8.39. The Morgan fingerprint density at radius 1 is 1.24 bits per heavy atom. The van der Waals surface area contributed by atoms with Crippen molar-refractivity contribution in [2.24, 2.45) is 0 Å². The molecule has 2 aromatic heterocycles. The van der Waals surface area contributed by atoms with Crippen molar-refractivity contribution >= 4 is 61.7 Å². The van der Waals surface area contributed by atoms with E-state index in [4.69, 9.17) is 16.3 Å². The summed E-state index contributed by atoms with van der Waals surface area (Å²) in [5.74, 6) is 1.16. The number of nitrogens with one attached hydrogen (secondary N) is 1. The molecule has 4 aromatic rings. The molecular formula is C23H19BrClN5O2S2. The highest BCUT2D eigenvalue weighted by Crippen LogP contribution is 2.27. The molecule has 0 spiro atoms. The summed E-state index contributed by atoms with van der Waals surface area (Å²) in [6.45, 7) is 4.47. The van der Waals surface area contributed by atoms with Gasteiger partial charge < -0.3 is 10.1 Å². The normalized spacial score (nSPS) is 10.8. The number of rotatable bonds is 10. The standard InChI is InChI=1S/C23H19BrClN5O2S2/c1-2-11-30-20(12-32-19-6-4-3-5-17(19)25)28-29-23(30)34-14-21(31)27-22-26-18(13-33-22)15-7-9-16(24)10-8-15/h2-10,13H,1,11-12,14H2,(H,26,27,31). The molecule has 34 heavy (non-hydrogen) atoms. The third kappa shape index (κ3) is 6.26. The van der Waals surface area contributed by atoms with E-state index in [-0.39, 0.29) is 18.3 Å². The van der Waals surface area contributed by atoms with Gasteiger partial charge >= 0.3 is 0 Å². The van der Waals surface area contributed by atoms with Crippen molar-refractivity contribution < 1.29 is 9.53 Å². The van der Waals surface area contributed by atoms with Crippen molar-refractivity contribution in [1.29, 1.82) is 0 Å². The van der Waals surface area contributed by atoms with Crippen LogP contribution in [0.1, 0.15) is 5.82 Å². The number of carbonyl (C=O) groups is 1. The van der Waals surface area contributed by atoms with Crippen LogP contribution in [0.2, 0.25) is 5.02 Å². The third-order valence-electron chi connectivity index (χ3n) is 4.52. The van der Waals surface area contributed by atoms with E-state index in [0.717, 1.165) is 15.7 Å². The summed E-state index contributed by atoms with van der Waals surface area (Å²) in [5, 5.41) is 14.9. The van der Waals surface area contributed by atoms with Crippen molar-refractivity contribution in [3.63, 3.8) is 0 Å². The van der Waals surface area contributed by atoms with E-state index >= 15 is 0 Å². The average molecular weight is 577 g/mol. The molecule has 0 unspecified atom stereocenters. The van der Waals surface area contributed by atoms with Crippen LogP contribution < -0.4 is 10.1 Å². The lowest BCUT2D eigenvalue weighted by atomic mass is 10.2.